The van der Waals surface area contributed by atoms with Gasteiger partial charge in [-0.15, -0.1) is 0 Å². The first kappa shape index (κ1) is 12.2. The number of nitrogens with zero attached hydrogens (tertiary/aromatic N) is 2. The van der Waals surface area contributed by atoms with Crippen LogP contribution in [0, 0.1) is 10.4 Å². The van der Waals surface area contributed by atoms with E-state index in [9.17, 15) is 0 Å². The molecular formula is C22H12N2. The number of hydrogen-bond donors (Lipinski definition) is 0. The van der Waals surface area contributed by atoms with Gasteiger partial charge in [0.05, 0.1) is 22.1 Å². The van der Waals surface area contributed by atoms with E-state index in [2.05, 4.69) is 66.7 Å². The topological polar surface area (TPSA) is 24.7 Å². The minimum Gasteiger partial charge on any atom is -0.247 e. The molecule has 2 aliphatic heterocycles. The average molecular weight is 304 g/mol. The quantitative estimate of drug-likeness (QED) is 0.399. The first-order chi connectivity index (χ1) is 11.9. The summed E-state index contributed by atoms with van der Waals surface area (Å²) < 4.78 is 0. The first-order valence-corrected chi connectivity index (χ1v) is 8.13. The molecule has 0 radical (unpaired) electrons. The summed E-state index contributed by atoms with van der Waals surface area (Å²) in [6, 6.07) is 25.3. The van der Waals surface area contributed by atoms with Crippen LogP contribution in [0.4, 0.5) is 11.4 Å². The summed E-state index contributed by atoms with van der Waals surface area (Å²) in [5, 5.41) is 6.91. The highest BCUT2D eigenvalue weighted by atomic mass is 14.8. The zero-order valence-electron chi connectivity index (χ0n) is 12.8. The minimum atomic E-state index is 1.04. The van der Waals surface area contributed by atoms with Crippen molar-refractivity contribution in [3.8, 4) is 11.1 Å². The predicted octanol–water partition coefficient (Wildman–Crippen LogP) is 4.32. The molecule has 0 atom stereocenters. The fourth-order valence-corrected chi connectivity index (χ4v) is 3.97. The second-order valence-electron chi connectivity index (χ2n) is 6.25. The van der Waals surface area contributed by atoms with Gasteiger partial charge in [-0.3, -0.25) is 0 Å². The Kier molecular flexibility index (Phi) is 2.12. The van der Waals surface area contributed by atoms with Crippen LogP contribution in [0.3, 0.4) is 0 Å². The van der Waals surface area contributed by atoms with E-state index in [1.807, 2.05) is 6.07 Å². The summed E-state index contributed by atoms with van der Waals surface area (Å²) in [5.41, 5.74) is 4.57. The zero-order chi connectivity index (χ0) is 15.7. The number of para-hydroxylation sites is 2. The lowest BCUT2D eigenvalue weighted by Crippen LogP contribution is -2.06. The Morgan fingerprint density at radius 1 is 0.625 bits per heavy atom. The third-order valence-corrected chi connectivity index (χ3v) is 4.97. The summed E-state index contributed by atoms with van der Waals surface area (Å²) in [6.45, 7) is 0. The van der Waals surface area contributed by atoms with Crippen LogP contribution in [0.1, 0.15) is 0 Å². The molecule has 0 aromatic heterocycles. The number of benzene rings is 4. The summed E-state index contributed by atoms with van der Waals surface area (Å²) in [4.78, 5) is 9.90. The van der Waals surface area contributed by atoms with Crippen LogP contribution in [0.5, 0.6) is 0 Å². The molecule has 0 bridgehead atoms. The molecule has 4 aromatic rings. The lowest BCUT2D eigenvalue weighted by molar-refractivity contribution is 1.37. The van der Waals surface area contributed by atoms with Crippen molar-refractivity contribution in [2.24, 2.45) is 9.98 Å². The van der Waals surface area contributed by atoms with Crippen molar-refractivity contribution in [2.75, 3.05) is 0 Å². The molecule has 0 saturated carbocycles. The molecule has 0 aliphatic carbocycles. The van der Waals surface area contributed by atoms with Gasteiger partial charge in [0.1, 0.15) is 0 Å². The summed E-state index contributed by atoms with van der Waals surface area (Å²) in [7, 11) is 0. The zero-order valence-corrected chi connectivity index (χ0v) is 12.8. The molecule has 2 nitrogen and oxygen atoms in total. The van der Waals surface area contributed by atoms with E-state index < -0.39 is 0 Å². The number of hydrogen-bond acceptors (Lipinski definition) is 2. The van der Waals surface area contributed by atoms with E-state index in [0.717, 1.165) is 22.1 Å². The number of fused-ring (bicyclic) bond motifs is 9. The molecule has 0 spiro atoms. The summed E-state index contributed by atoms with van der Waals surface area (Å²) in [5.74, 6) is 0. The van der Waals surface area contributed by atoms with Gasteiger partial charge in [-0.2, -0.15) is 0 Å². The summed E-state index contributed by atoms with van der Waals surface area (Å²) in [6.07, 6.45) is 0. The predicted molar refractivity (Wildman–Crippen MR) is 95.1 cm³/mol. The lowest BCUT2D eigenvalue weighted by atomic mass is 9.96. The van der Waals surface area contributed by atoms with Gasteiger partial charge in [0.2, 0.25) is 0 Å². The van der Waals surface area contributed by atoms with E-state index in [4.69, 9.17) is 9.98 Å². The third-order valence-electron chi connectivity index (χ3n) is 4.97. The van der Waals surface area contributed by atoms with E-state index in [1.54, 1.807) is 0 Å². The maximum Gasteiger partial charge on any atom is 0.0823 e. The highest BCUT2D eigenvalue weighted by molar-refractivity contribution is 6.05. The Hall–Kier alpha value is -3.26. The molecule has 0 unspecified atom stereocenters. The molecular weight excluding hydrogens is 292 g/mol. The van der Waals surface area contributed by atoms with E-state index in [-0.39, 0.29) is 0 Å². The second-order valence-corrected chi connectivity index (χ2v) is 6.25. The Labute approximate surface area is 137 Å². The third kappa shape index (κ3) is 1.36. The van der Waals surface area contributed by atoms with Gasteiger partial charge in [-0.25, -0.2) is 9.98 Å². The van der Waals surface area contributed by atoms with Crippen LogP contribution in [0.25, 0.3) is 21.9 Å². The molecule has 0 fully saturated rings. The van der Waals surface area contributed by atoms with Gasteiger partial charge < -0.3 is 0 Å². The smallest absolute Gasteiger partial charge is 0.0823 e. The molecule has 4 aromatic carbocycles. The van der Waals surface area contributed by atoms with Crippen LogP contribution in [0.2, 0.25) is 0 Å². The maximum absolute atomic E-state index is 4.98. The van der Waals surface area contributed by atoms with Gasteiger partial charge in [-0.05, 0) is 17.5 Å². The Bertz CT molecular complexity index is 1400. The molecule has 0 N–H and O–H groups in total. The Morgan fingerprint density at radius 2 is 1.38 bits per heavy atom. The van der Waals surface area contributed by atoms with Crippen LogP contribution >= 0.6 is 0 Å². The van der Waals surface area contributed by atoms with Gasteiger partial charge >= 0.3 is 0 Å². The normalized spacial score (nSPS) is 12.8. The molecule has 2 heterocycles. The molecule has 2 heteroatoms. The highest BCUT2D eigenvalue weighted by Gasteiger charge is 2.21. The standard InChI is InChI=1S/C22H12N2/c1-2-8-14-13(7-1)19-15-9-3-5-11-17(15)24-22(19)20-16-10-4-6-12-18(16)23-21(14)20/h1-12H. The molecule has 0 amide bonds. The molecule has 6 rings (SSSR count). The molecule has 110 valence electrons. The minimum absolute atomic E-state index is 1.04. The van der Waals surface area contributed by atoms with E-state index in [0.29, 0.717) is 0 Å². The molecule has 2 aliphatic rings. The SMILES string of the molecule is c1ccc2c(c1)N=c1c-2c2ccccc2c2c1=c1ccccc1=N2. The van der Waals surface area contributed by atoms with Crippen LogP contribution < -0.4 is 10.7 Å². The van der Waals surface area contributed by atoms with Crippen molar-refractivity contribution in [1.29, 1.82) is 0 Å². The lowest BCUT2D eigenvalue weighted by Gasteiger charge is -2.07. The maximum atomic E-state index is 4.98. The van der Waals surface area contributed by atoms with Gasteiger partial charge in [0.15, 0.2) is 0 Å². The largest absolute Gasteiger partial charge is 0.247 e. The Morgan fingerprint density at radius 3 is 2.33 bits per heavy atom. The number of rotatable bonds is 0. The second kappa shape index (κ2) is 4.18. The van der Waals surface area contributed by atoms with Gasteiger partial charge in [0, 0.05) is 27.0 Å². The fourth-order valence-electron chi connectivity index (χ4n) is 3.97. The van der Waals surface area contributed by atoms with Gasteiger partial charge in [0.25, 0.3) is 0 Å². The first-order valence-electron chi connectivity index (χ1n) is 8.13. The van der Waals surface area contributed by atoms with Gasteiger partial charge in [-0.1, -0.05) is 60.7 Å². The van der Waals surface area contributed by atoms with E-state index in [1.165, 1.54) is 32.3 Å². The Balaban J connectivity index is 2.02. The van der Waals surface area contributed by atoms with Crippen molar-refractivity contribution >= 4 is 22.1 Å². The van der Waals surface area contributed by atoms with Crippen molar-refractivity contribution in [3.05, 3.63) is 93.9 Å². The highest BCUT2D eigenvalue weighted by Crippen LogP contribution is 2.40. The average Bonchev–Trinajstić information content (AvgIpc) is 3.20. The van der Waals surface area contributed by atoms with Crippen LogP contribution in [0.15, 0.2) is 82.8 Å². The summed E-state index contributed by atoms with van der Waals surface area (Å²) >= 11 is 0. The van der Waals surface area contributed by atoms with Crippen LogP contribution in [-0.4, -0.2) is 0 Å². The fraction of sp³-hybridized carbons (Fsp3) is 0. The van der Waals surface area contributed by atoms with Crippen molar-refractivity contribution in [1.82, 2.24) is 0 Å². The monoisotopic (exact) mass is 304 g/mol. The van der Waals surface area contributed by atoms with E-state index >= 15 is 0 Å². The van der Waals surface area contributed by atoms with Crippen molar-refractivity contribution < 1.29 is 0 Å². The molecule has 0 saturated heterocycles. The van der Waals surface area contributed by atoms with Crippen molar-refractivity contribution in [3.63, 3.8) is 0 Å². The van der Waals surface area contributed by atoms with Crippen molar-refractivity contribution in [2.45, 2.75) is 0 Å². The van der Waals surface area contributed by atoms with Crippen LogP contribution in [-0.2, 0) is 0 Å². The molecule has 24 heavy (non-hydrogen) atoms.